The van der Waals surface area contributed by atoms with Crippen molar-refractivity contribution in [3.8, 4) is 0 Å². The molecule has 4 aliphatic rings. The monoisotopic (exact) mass is 423 g/mol. The molecule has 4 aliphatic carbocycles. The third-order valence-electron chi connectivity index (χ3n) is 7.25. The lowest BCUT2D eigenvalue weighted by atomic mass is 9.49. The number of nitrogens with one attached hydrogen (secondary N) is 1. The molecule has 6 rings (SSSR count). The van der Waals surface area contributed by atoms with E-state index in [-0.39, 0.29) is 17.3 Å². The summed E-state index contributed by atoms with van der Waals surface area (Å²) in [5.41, 5.74) is 1.45. The Morgan fingerprint density at radius 3 is 2.30 bits per heavy atom. The van der Waals surface area contributed by atoms with Crippen LogP contribution in [-0.2, 0) is 16.0 Å². The van der Waals surface area contributed by atoms with Gasteiger partial charge in [-0.3, -0.25) is 4.79 Å². The van der Waals surface area contributed by atoms with E-state index in [9.17, 15) is 9.59 Å². The first-order chi connectivity index (χ1) is 14.5. The number of hydrogen-bond donors (Lipinski definition) is 1. The van der Waals surface area contributed by atoms with E-state index < -0.39 is 0 Å². The Morgan fingerprint density at radius 2 is 1.70 bits per heavy atom. The van der Waals surface area contributed by atoms with Crippen LogP contribution in [0.15, 0.2) is 36.4 Å². The van der Waals surface area contributed by atoms with Gasteiger partial charge in [0.25, 0.3) is 0 Å². The van der Waals surface area contributed by atoms with Crippen molar-refractivity contribution in [2.45, 2.75) is 51.9 Å². The van der Waals surface area contributed by atoms with E-state index in [1.807, 2.05) is 31.2 Å². The molecule has 4 nitrogen and oxygen atoms in total. The van der Waals surface area contributed by atoms with Gasteiger partial charge in [-0.15, -0.1) is 11.3 Å². The van der Waals surface area contributed by atoms with E-state index in [0.717, 1.165) is 30.6 Å². The first kappa shape index (κ1) is 19.8. The number of hydrogen-bond acceptors (Lipinski definition) is 4. The molecule has 1 aromatic heterocycles. The number of carbonyl (C=O) groups is 2. The minimum atomic E-state index is -0.353. The van der Waals surface area contributed by atoms with Crippen molar-refractivity contribution in [2.24, 2.45) is 23.2 Å². The zero-order valence-corrected chi connectivity index (χ0v) is 18.3. The van der Waals surface area contributed by atoms with Gasteiger partial charge in [0.2, 0.25) is 5.91 Å². The second-order valence-corrected chi connectivity index (χ2v) is 10.6. The molecule has 0 atom stereocenters. The van der Waals surface area contributed by atoms with Crippen LogP contribution in [0.5, 0.6) is 0 Å². The number of ether oxygens (including phenoxy) is 1. The van der Waals surface area contributed by atoms with Gasteiger partial charge in [0, 0.05) is 11.3 Å². The van der Waals surface area contributed by atoms with Gasteiger partial charge >= 0.3 is 5.97 Å². The number of benzene rings is 1. The summed E-state index contributed by atoms with van der Waals surface area (Å²) in [6, 6.07) is 12.1. The molecular weight excluding hydrogens is 394 g/mol. The molecule has 0 unspecified atom stereocenters. The smallest absolute Gasteiger partial charge is 0.341 e. The number of esters is 1. The largest absolute Gasteiger partial charge is 0.462 e. The highest BCUT2D eigenvalue weighted by molar-refractivity contribution is 7.16. The minimum absolute atomic E-state index is 0.125. The predicted molar refractivity (Wildman–Crippen MR) is 119 cm³/mol. The molecule has 1 aromatic carbocycles. The van der Waals surface area contributed by atoms with Gasteiger partial charge in [0.15, 0.2) is 0 Å². The van der Waals surface area contributed by atoms with E-state index in [1.165, 1.54) is 36.2 Å². The highest BCUT2D eigenvalue weighted by Gasteiger charge is 2.54. The average Bonchev–Trinajstić information content (AvgIpc) is 3.10. The third kappa shape index (κ3) is 3.68. The minimum Gasteiger partial charge on any atom is -0.462 e. The molecule has 4 bridgehead atoms. The molecule has 4 saturated carbocycles. The van der Waals surface area contributed by atoms with Gasteiger partial charge < -0.3 is 10.1 Å². The maximum Gasteiger partial charge on any atom is 0.341 e. The van der Waals surface area contributed by atoms with E-state index in [1.54, 1.807) is 0 Å². The van der Waals surface area contributed by atoms with Crippen molar-refractivity contribution in [1.82, 2.24) is 0 Å². The first-order valence-corrected chi connectivity index (χ1v) is 12.0. The van der Waals surface area contributed by atoms with Crippen molar-refractivity contribution in [3.05, 3.63) is 52.4 Å². The summed E-state index contributed by atoms with van der Waals surface area (Å²) in [6.07, 6.45) is 7.71. The maximum atomic E-state index is 13.5. The lowest BCUT2D eigenvalue weighted by Gasteiger charge is -2.55. The van der Waals surface area contributed by atoms with E-state index in [4.69, 9.17) is 4.74 Å². The van der Waals surface area contributed by atoms with Crippen LogP contribution in [-0.4, -0.2) is 18.5 Å². The highest BCUT2D eigenvalue weighted by atomic mass is 32.1. The number of rotatable bonds is 6. The summed E-state index contributed by atoms with van der Waals surface area (Å²) in [6.45, 7) is 2.13. The van der Waals surface area contributed by atoms with Gasteiger partial charge in [-0.2, -0.15) is 0 Å². The van der Waals surface area contributed by atoms with Crippen LogP contribution in [0.25, 0.3) is 0 Å². The summed E-state index contributed by atoms with van der Waals surface area (Å²) < 4.78 is 5.28. The Kier molecular flexibility index (Phi) is 5.18. The zero-order valence-electron chi connectivity index (χ0n) is 17.5. The maximum absolute atomic E-state index is 13.5. The summed E-state index contributed by atoms with van der Waals surface area (Å²) in [5.74, 6) is 1.91. The first-order valence-electron chi connectivity index (χ1n) is 11.2. The van der Waals surface area contributed by atoms with Gasteiger partial charge in [-0.25, -0.2) is 4.79 Å². The fourth-order valence-corrected chi connectivity index (χ4v) is 7.48. The average molecular weight is 424 g/mol. The highest BCUT2D eigenvalue weighted by Crippen LogP contribution is 2.60. The molecule has 0 spiro atoms. The van der Waals surface area contributed by atoms with Crippen molar-refractivity contribution < 1.29 is 14.3 Å². The Balaban J connectivity index is 1.40. The Morgan fingerprint density at radius 1 is 1.07 bits per heavy atom. The summed E-state index contributed by atoms with van der Waals surface area (Å²) in [7, 11) is 0. The van der Waals surface area contributed by atoms with Crippen molar-refractivity contribution >= 4 is 28.2 Å². The predicted octanol–water partition coefficient (Wildman–Crippen LogP) is 5.67. The quantitative estimate of drug-likeness (QED) is 0.609. The molecule has 0 radical (unpaired) electrons. The van der Waals surface area contributed by atoms with Crippen molar-refractivity contribution in [1.29, 1.82) is 0 Å². The van der Waals surface area contributed by atoms with Gasteiger partial charge in [-0.1, -0.05) is 30.3 Å². The van der Waals surface area contributed by atoms with E-state index >= 15 is 0 Å². The van der Waals surface area contributed by atoms with Crippen LogP contribution >= 0.6 is 11.3 Å². The fourth-order valence-electron chi connectivity index (χ4n) is 6.40. The SMILES string of the molecule is CCOC(=O)c1cc(Cc2ccccc2)sc1NC(=O)C12CC3CC(CC(C3)C1)C2. The molecule has 1 heterocycles. The second kappa shape index (κ2) is 7.84. The van der Waals surface area contributed by atoms with Crippen LogP contribution in [0.2, 0.25) is 0 Å². The van der Waals surface area contributed by atoms with Crippen LogP contribution in [0.1, 0.15) is 66.2 Å². The van der Waals surface area contributed by atoms with Crippen LogP contribution in [0.4, 0.5) is 5.00 Å². The standard InChI is InChI=1S/C25H29NO3S/c1-2-29-23(27)21-12-20(11-16-6-4-3-5-7-16)30-22(21)26-24(28)25-13-17-8-18(14-25)10-19(9-17)15-25/h3-7,12,17-19H,2,8-11,13-15H2,1H3,(H,26,28). The van der Waals surface area contributed by atoms with Crippen molar-refractivity contribution in [3.63, 3.8) is 0 Å². The molecule has 30 heavy (non-hydrogen) atoms. The fraction of sp³-hybridized carbons (Fsp3) is 0.520. The Hall–Kier alpha value is -2.14. The molecule has 5 heteroatoms. The second-order valence-electron chi connectivity index (χ2n) is 9.49. The third-order valence-corrected chi connectivity index (χ3v) is 8.30. The molecule has 2 aromatic rings. The summed E-state index contributed by atoms with van der Waals surface area (Å²) >= 11 is 1.51. The number of anilines is 1. The van der Waals surface area contributed by atoms with Crippen molar-refractivity contribution in [2.75, 3.05) is 11.9 Å². The van der Waals surface area contributed by atoms with Crippen LogP contribution < -0.4 is 5.32 Å². The van der Waals surface area contributed by atoms with E-state index in [0.29, 0.717) is 34.9 Å². The molecule has 158 valence electrons. The normalized spacial score (nSPS) is 29.0. The Labute approximate surface area is 182 Å². The molecule has 4 fully saturated rings. The zero-order chi connectivity index (χ0) is 20.7. The lowest BCUT2D eigenvalue weighted by Crippen LogP contribution is -2.51. The topological polar surface area (TPSA) is 55.4 Å². The van der Waals surface area contributed by atoms with Gasteiger partial charge in [0.1, 0.15) is 5.00 Å². The van der Waals surface area contributed by atoms with E-state index in [2.05, 4.69) is 17.4 Å². The number of amides is 1. The number of carbonyl (C=O) groups excluding carboxylic acids is 2. The van der Waals surface area contributed by atoms with Gasteiger partial charge in [0.05, 0.1) is 17.6 Å². The Bertz CT molecular complexity index is 913. The molecule has 0 saturated heterocycles. The molecule has 0 aliphatic heterocycles. The van der Waals surface area contributed by atoms with Gasteiger partial charge in [-0.05, 0) is 74.8 Å². The summed E-state index contributed by atoms with van der Waals surface area (Å²) in [4.78, 5) is 27.2. The van der Waals surface area contributed by atoms with Crippen LogP contribution in [0, 0.1) is 23.2 Å². The number of thiophene rings is 1. The van der Waals surface area contributed by atoms with Crippen LogP contribution in [0.3, 0.4) is 0 Å². The summed E-state index contributed by atoms with van der Waals surface area (Å²) in [5, 5.41) is 3.84. The molecular formula is C25H29NO3S. The molecule has 1 amide bonds. The molecule has 1 N–H and O–H groups in total. The lowest BCUT2D eigenvalue weighted by molar-refractivity contribution is -0.140.